The number of aromatic nitrogens is 5. The van der Waals surface area contributed by atoms with Crippen LogP contribution in [0.2, 0.25) is 0 Å². The van der Waals surface area contributed by atoms with Gasteiger partial charge >= 0.3 is 0 Å². The van der Waals surface area contributed by atoms with Gasteiger partial charge in [0.25, 0.3) is 0 Å². The lowest BCUT2D eigenvalue weighted by Crippen LogP contribution is -2.38. The number of hydrogen-bond donors (Lipinski definition) is 2. The van der Waals surface area contributed by atoms with Crippen LogP contribution in [0.1, 0.15) is 35.8 Å². The molecule has 3 aromatic heterocycles. The predicted molar refractivity (Wildman–Crippen MR) is 99.0 cm³/mol. The van der Waals surface area contributed by atoms with Crippen LogP contribution in [0.15, 0.2) is 24.4 Å². The first kappa shape index (κ1) is 15.5. The Bertz CT molecular complexity index is 950. The molecule has 0 spiro atoms. The van der Waals surface area contributed by atoms with Crippen LogP contribution in [-0.2, 0) is 13.0 Å². The molecule has 8 nitrogen and oxygen atoms in total. The van der Waals surface area contributed by atoms with Crippen LogP contribution in [0.4, 0.5) is 11.8 Å². The topological polar surface area (TPSA) is 97.3 Å². The number of rotatable bonds is 2. The number of anilines is 2. The Labute approximate surface area is 151 Å². The summed E-state index contributed by atoms with van der Waals surface area (Å²) in [7, 11) is 0. The van der Waals surface area contributed by atoms with E-state index in [1.807, 2.05) is 24.4 Å². The van der Waals surface area contributed by atoms with Crippen LogP contribution in [0.3, 0.4) is 0 Å². The Hall–Kier alpha value is -2.74. The molecule has 134 valence electrons. The second-order valence-electron chi connectivity index (χ2n) is 7.03. The molecular weight excluding hydrogens is 328 g/mol. The lowest BCUT2D eigenvalue weighted by molar-refractivity contribution is 0.483. The third-order valence-corrected chi connectivity index (χ3v) is 5.36. The Morgan fingerprint density at radius 3 is 3.12 bits per heavy atom. The van der Waals surface area contributed by atoms with Gasteiger partial charge in [-0.15, -0.1) is 10.2 Å². The van der Waals surface area contributed by atoms with E-state index >= 15 is 0 Å². The minimum Gasteiger partial charge on any atom is -0.368 e. The predicted octanol–water partition coefficient (Wildman–Crippen LogP) is 1.13. The summed E-state index contributed by atoms with van der Waals surface area (Å²) in [4.78, 5) is 11.4. The van der Waals surface area contributed by atoms with E-state index in [1.165, 1.54) is 5.56 Å². The number of fused-ring (bicyclic) bond motifs is 2. The number of pyridine rings is 1. The normalized spacial score (nSPS) is 20.3. The second-order valence-corrected chi connectivity index (χ2v) is 7.03. The fourth-order valence-electron chi connectivity index (χ4n) is 4.14. The van der Waals surface area contributed by atoms with E-state index in [4.69, 9.17) is 5.73 Å². The molecule has 0 aromatic carbocycles. The van der Waals surface area contributed by atoms with Crippen molar-refractivity contribution >= 4 is 17.4 Å². The minimum absolute atomic E-state index is 0.328. The van der Waals surface area contributed by atoms with Gasteiger partial charge in [0.15, 0.2) is 5.65 Å². The van der Waals surface area contributed by atoms with Gasteiger partial charge in [-0.1, -0.05) is 6.07 Å². The van der Waals surface area contributed by atoms with Crippen LogP contribution < -0.4 is 16.0 Å². The van der Waals surface area contributed by atoms with E-state index in [9.17, 15) is 0 Å². The molecule has 0 bridgehead atoms. The summed E-state index contributed by atoms with van der Waals surface area (Å²) in [6, 6.07) is 6.01. The first-order valence-corrected chi connectivity index (χ1v) is 9.20. The standard InChI is InChI=1S/C18H22N8/c19-18-21-14-10-20-7-6-13(14)17(22-18)25-8-3-4-12(11-25)16-24-23-15-5-1-2-9-26(15)16/h1-2,5,9,12,20H,3-4,6-8,10-11H2,(H2,19,21,22)/t12-/m0/s1. The van der Waals surface area contributed by atoms with Gasteiger partial charge in [-0.05, 0) is 37.9 Å². The van der Waals surface area contributed by atoms with Crippen molar-refractivity contribution in [3.05, 3.63) is 41.5 Å². The van der Waals surface area contributed by atoms with Gasteiger partial charge in [0, 0.05) is 37.3 Å². The van der Waals surface area contributed by atoms with Gasteiger partial charge < -0.3 is 16.0 Å². The van der Waals surface area contributed by atoms with Gasteiger partial charge in [0.2, 0.25) is 5.95 Å². The van der Waals surface area contributed by atoms with Crippen molar-refractivity contribution in [3.63, 3.8) is 0 Å². The summed E-state index contributed by atoms with van der Waals surface area (Å²) in [6.07, 6.45) is 5.19. The first-order valence-electron chi connectivity index (χ1n) is 9.20. The zero-order valence-electron chi connectivity index (χ0n) is 14.6. The Kier molecular flexibility index (Phi) is 3.70. The van der Waals surface area contributed by atoms with E-state index < -0.39 is 0 Å². The molecule has 1 saturated heterocycles. The summed E-state index contributed by atoms with van der Waals surface area (Å²) in [5, 5.41) is 12.2. The zero-order valence-corrected chi connectivity index (χ0v) is 14.6. The molecule has 5 rings (SSSR count). The van der Waals surface area contributed by atoms with E-state index in [1.54, 1.807) is 0 Å². The molecular formula is C18H22N8. The molecule has 0 saturated carbocycles. The maximum absolute atomic E-state index is 5.99. The molecule has 1 fully saturated rings. The molecule has 1 atom stereocenters. The van der Waals surface area contributed by atoms with Gasteiger partial charge in [-0.2, -0.15) is 4.98 Å². The lowest BCUT2D eigenvalue weighted by Gasteiger charge is -2.35. The van der Waals surface area contributed by atoms with Crippen molar-refractivity contribution < 1.29 is 0 Å². The Morgan fingerprint density at radius 2 is 2.15 bits per heavy atom. The highest BCUT2D eigenvalue weighted by atomic mass is 15.3. The summed E-state index contributed by atoms with van der Waals surface area (Å²) in [5.41, 5.74) is 9.16. The molecule has 3 aromatic rings. The molecule has 0 amide bonds. The fraction of sp³-hybridized carbons (Fsp3) is 0.444. The Balaban J connectivity index is 1.49. The van der Waals surface area contributed by atoms with E-state index in [0.29, 0.717) is 11.9 Å². The van der Waals surface area contributed by atoms with Crippen LogP contribution in [-0.4, -0.2) is 44.2 Å². The first-order chi connectivity index (χ1) is 12.8. The van der Waals surface area contributed by atoms with Gasteiger partial charge in [0.05, 0.1) is 5.69 Å². The summed E-state index contributed by atoms with van der Waals surface area (Å²) in [6.45, 7) is 3.59. The molecule has 5 heterocycles. The highest BCUT2D eigenvalue weighted by molar-refractivity contribution is 5.53. The highest BCUT2D eigenvalue weighted by Crippen LogP contribution is 2.32. The van der Waals surface area contributed by atoms with Crippen molar-refractivity contribution in [2.75, 3.05) is 30.3 Å². The maximum atomic E-state index is 5.99. The van der Waals surface area contributed by atoms with Crippen molar-refractivity contribution in [1.82, 2.24) is 29.9 Å². The zero-order chi connectivity index (χ0) is 17.5. The third kappa shape index (κ3) is 2.57. The average molecular weight is 350 g/mol. The third-order valence-electron chi connectivity index (χ3n) is 5.36. The lowest BCUT2D eigenvalue weighted by atomic mass is 9.96. The molecule has 0 aliphatic carbocycles. The largest absolute Gasteiger partial charge is 0.368 e. The number of nitrogen functional groups attached to an aromatic ring is 1. The molecule has 3 N–H and O–H groups in total. The van der Waals surface area contributed by atoms with Crippen molar-refractivity contribution in [2.24, 2.45) is 0 Å². The quantitative estimate of drug-likeness (QED) is 0.715. The van der Waals surface area contributed by atoms with Gasteiger partial charge in [0.1, 0.15) is 11.6 Å². The molecule has 26 heavy (non-hydrogen) atoms. The van der Waals surface area contributed by atoms with Crippen LogP contribution in [0.5, 0.6) is 0 Å². The van der Waals surface area contributed by atoms with Crippen molar-refractivity contribution in [3.8, 4) is 0 Å². The van der Waals surface area contributed by atoms with Gasteiger partial charge in [-0.3, -0.25) is 4.40 Å². The van der Waals surface area contributed by atoms with Crippen LogP contribution >= 0.6 is 0 Å². The number of piperidine rings is 1. The minimum atomic E-state index is 0.328. The highest BCUT2D eigenvalue weighted by Gasteiger charge is 2.29. The monoisotopic (exact) mass is 350 g/mol. The van der Waals surface area contributed by atoms with Crippen LogP contribution in [0.25, 0.3) is 5.65 Å². The van der Waals surface area contributed by atoms with E-state index in [0.717, 1.165) is 68.4 Å². The molecule has 2 aliphatic heterocycles. The number of nitrogens with two attached hydrogens (primary N) is 1. The molecule has 0 radical (unpaired) electrons. The van der Waals surface area contributed by atoms with Crippen molar-refractivity contribution in [2.45, 2.75) is 31.7 Å². The molecule has 0 unspecified atom stereocenters. The summed E-state index contributed by atoms with van der Waals surface area (Å²) < 4.78 is 2.10. The van der Waals surface area contributed by atoms with Gasteiger partial charge in [-0.25, -0.2) is 4.98 Å². The second kappa shape index (κ2) is 6.21. The fourth-order valence-corrected chi connectivity index (χ4v) is 4.14. The molecule has 8 heteroatoms. The molecule has 2 aliphatic rings. The van der Waals surface area contributed by atoms with E-state index in [2.05, 4.69) is 34.8 Å². The number of hydrogen-bond acceptors (Lipinski definition) is 7. The Morgan fingerprint density at radius 1 is 1.19 bits per heavy atom. The summed E-state index contributed by atoms with van der Waals surface area (Å²) in [5.74, 6) is 2.72. The average Bonchev–Trinajstić information content (AvgIpc) is 3.11. The SMILES string of the molecule is Nc1nc2c(c(N3CCC[C@H](c4nnc5ccccn45)C3)n1)CCNC2. The van der Waals surface area contributed by atoms with E-state index in [-0.39, 0.29) is 0 Å². The van der Waals surface area contributed by atoms with Crippen molar-refractivity contribution in [1.29, 1.82) is 0 Å². The van der Waals surface area contributed by atoms with Crippen LogP contribution in [0, 0.1) is 0 Å². The summed E-state index contributed by atoms with van der Waals surface area (Å²) >= 11 is 0. The number of nitrogens with zero attached hydrogens (tertiary/aromatic N) is 6. The smallest absolute Gasteiger partial charge is 0.222 e. The maximum Gasteiger partial charge on any atom is 0.222 e. The number of nitrogens with one attached hydrogen (secondary N) is 1.